The summed E-state index contributed by atoms with van der Waals surface area (Å²) in [5.74, 6) is -1.44. The normalized spacial score (nSPS) is 19.4. The second-order valence-corrected chi connectivity index (χ2v) is 6.26. The molecule has 1 saturated heterocycles. The molecule has 1 aliphatic heterocycles. The fraction of sp³-hybridized carbons (Fsp3) is 0.222. The zero-order valence-corrected chi connectivity index (χ0v) is 13.9. The number of carbonyl (C=O) groups is 1. The first-order valence-corrected chi connectivity index (χ1v) is 8.16. The standard InChI is InChI=1S/C18H13F2N5O2/c19-11-1-2-13(18(26)27)14(5-11)15-6-12(20)9-24(15)16-3-4-25-17(23-16)10(7-21)8-22-25/h1-5,8,12,15H,6,9H2,(H,26,27)/t12-,15+/m0/s1. The Balaban J connectivity index is 1.82. The summed E-state index contributed by atoms with van der Waals surface area (Å²) in [6.45, 7) is -0.0144. The lowest BCUT2D eigenvalue weighted by molar-refractivity contribution is 0.0695. The SMILES string of the molecule is N#Cc1cnn2ccc(N3C[C@@H](F)C[C@@H]3c3cc(F)ccc3C(=O)O)nc12. The molecule has 0 unspecified atom stereocenters. The van der Waals surface area contributed by atoms with Gasteiger partial charge in [-0.05, 0) is 29.8 Å². The Hall–Kier alpha value is -3.54. The van der Waals surface area contributed by atoms with Gasteiger partial charge in [-0.3, -0.25) is 0 Å². The molecule has 3 aromatic rings. The van der Waals surface area contributed by atoms with Gasteiger partial charge in [0.25, 0.3) is 0 Å². The zero-order valence-electron chi connectivity index (χ0n) is 13.9. The van der Waals surface area contributed by atoms with E-state index in [1.54, 1.807) is 17.2 Å². The van der Waals surface area contributed by atoms with Gasteiger partial charge in [-0.15, -0.1) is 0 Å². The molecule has 9 heteroatoms. The van der Waals surface area contributed by atoms with E-state index in [9.17, 15) is 18.7 Å². The van der Waals surface area contributed by atoms with E-state index in [2.05, 4.69) is 10.1 Å². The molecule has 2 aromatic heterocycles. The second kappa shape index (κ2) is 6.32. The van der Waals surface area contributed by atoms with Gasteiger partial charge in [0.05, 0.1) is 24.3 Å². The highest BCUT2D eigenvalue weighted by Gasteiger charge is 2.36. The molecular formula is C18H13F2N5O2. The van der Waals surface area contributed by atoms with E-state index < -0.39 is 24.0 Å². The van der Waals surface area contributed by atoms with Gasteiger partial charge in [0, 0.05) is 12.6 Å². The third kappa shape index (κ3) is 2.85. The lowest BCUT2D eigenvalue weighted by Crippen LogP contribution is -2.26. The fourth-order valence-corrected chi connectivity index (χ4v) is 3.43. The van der Waals surface area contributed by atoms with E-state index in [1.807, 2.05) is 6.07 Å². The molecule has 0 amide bonds. The molecule has 27 heavy (non-hydrogen) atoms. The third-order valence-corrected chi connectivity index (χ3v) is 4.62. The molecule has 0 aliphatic carbocycles. The van der Waals surface area contributed by atoms with Crippen molar-refractivity contribution in [1.82, 2.24) is 14.6 Å². The average molecular weight is 369 g/mol. The summed E-state index contributed by atoms with van der Waals surface area (Å²) < 4.78 is 29.5. The number of alkyl halides is 1. The van der Waals surface area contributed by atoms with Crippen LogP contribution in [0.1, 0.15) is 33.9 Å². The van der Waals surface area contributed by atoms with Crippen molar-refractivity contribution < 1.29 is 18.7 Å². The Labute approximate surface area is 152 Å². The topological polar surface area (TPSA) is 94.5 Å². The van der Waals surface area contributed by atoms with Crippen molar-refractivity contribution in [2.45, 2.75) is 18.6 Å². The predicted molar refractivity (Wildman–Crippen MR) is 90.7 cm³/mol. The maximum atomic E-state index is 14.2. The van der Waals surface area contributed by atoms with Crippen LogP contribution in [0.25, 0.3) is 5.65 Å². The van der Waals surface area contributed by atoms with E-state index in [4.69, 9.17) is 5.26 Å². The summed E-state index contributed by atoms with van der Waals surface area (Å²) in [7, 11) is 0. The number of aromatic nitrogens is 3. The van der Waals surface area contributed by atoms with Gasteiger partial charge in [0.2, 0.25) is 0 Å². The van der Waals surface area contributed by atoms with Crippen molar-refractivity contribution in [3.63, 3.8) is 0 Å². The number of aromatic carboxylic acids is 1. The molecule has 0 radical (unpaired) electrons. The Bertz CT molecular complexity index is 1090. The van der Waals surface area contributed by atoms with Crippen LogP contribution in [0.2, 0.25) is 0 Å². The monoisotopic (exact) mass is 369 g/mol. The van der Waals surface area contributed by atoms with Crippen LogP contribution in [0.5, 0.6) is 0 Å². The van der Waals surface area contributed by atoms with Crippen molar-refractivity contribution in [3.8, 4) is 6.07 Å². The average Bonchev–Trinajstić information content (AvgIpc) is 3.23. The maximum Gasteiger partial charge on any atom is 0.336 e. The molecule has 3 heterocycles. The second-order valence-electron chi connectivity index (χ2n) is 6.26. The fourth-order valence-electron chi connectivity index (χ4n) is 3.43. The third-order valence-electron chi connectivity index (χ3n) is 4.62. The van der Waals surface area contributed by atoms with E-state index in [0.29, 0.717) is 11.5 Å². The lowest BCUT2D eigenvalue weighted by Gasteiger charge is -2.26. The number of carboxylic acids is 1. The predicted octanol–water partition coefficient (Wildman–Crippen LogP) is 2.73. The first-order valence-electron chi connectivity index (χ1n) is 8.16. The largest absolute Gasteiger partial charge is 0.478 e. The summed E-state index contributed by atoms with van der Waals surface area (Å²) in [5, 5.41) is 22.6. The highest BCUT2D eigenvalue weighted by atomic mass is 19.1. The zero-order chi connectivity index (χ0) is 19.1. The highest BCUT2D eigenvalue weighted by molar-refractivity contribution is 5.89. The molecule has 0 spiro atoms. The Morgan fingerprint density at radius 1 is 1.37 bits per heavy atom. The molecule has 4 rings (SSSR count). The molecule has 0 saturated carbocycles. The maximum absolute atomic E-state index is 14.2. The summed E-state index contributed by atoms with van der Waals surface area (Å²) in [6.07, 6.45) is 1.75. The molecular weight excluding hydrogens is 356 g/mol. The van der Waals surface area contributed by atoms with Gasteiger partial charge in [0.1, 0.15) is 29.4 Å². The quantitative estimate of drug-likeness (QED) is 0.763. The molecule has 136 valence electrons. The van der Waals surface area contributed by atoms with Crippen LogP contribution in [-0.4, -0.2) is 38.4 Å². The van der Waals surface area contributed by atoms with Crippen LogP contribution in [0.4, 0.5) is 14.6 Å². The Kier molecular flexibility index (Phi) is 3.96. The lowest BCUT2D eigenvalue weighted by atomic mass is 9.98. The van der Waals surface area contributed by atoms with Crippen LogP contribution in [-0.2, 0) is 0 Å². The smallest absolute Gasteiger partial charge is 0.336 e. The first kappa shape index (κ1) is 16.9. The number of hydrogen-bond donors (Lipinski definition) is 1. The summed E-state index contributed by atoms with van der Waals surface area (Å²) in [4.78, 5) is 17.5. The molecule has 2 atom stereocenters. The number of fused-ring (bicyclic) bond motifs is 1. The number of hydrogen-bond acceptors (Lipinski definition) is 5. The van der Waals surface area contributed by atoms with Crippen molar-refractivity contribution in [3.05, 3.63) is 59.2 Å². The Morgan fingerprint density at radius 2 is 2.19 bits per heavy atom. The van der Waals surface area contributed by atoms with E-state index in [1.165, 1.54) is 16.8 Å². The number of halogens is 2. The van der Waals surface area contributed by atoms with Crippen molar-refractivity contribution >= 4 is 17.4 Å². The van der Waals surface area contributed by atoms with Gasteiger partial charge in [-0.1, -0.05) is 0 Å². The van der Waals surface area contributed by atoms with E-state index in [-0.39, 0.29) is 29.7 Å². The summed E-state index contributed by atoms with van der Waals surface area (Å²) in [6, 6.07) is 6.26. The molecule has 1 fully saturated rings. The van der Waals surface area contributed by atoms with Gasteiger partial charge < -0.3 is 10.0 Å². The van der Waals surface area contributed by atoms with E-state index >= 15 is 0 Å². The van der Waals surface area contributed by atoms with Crippen LogP contribution < -0.4 is 4.90 Å². The Morgan fingerprint density at radius 3 is 2.93 bits per heavy atom. The molecule has 1 N–H and O–H groups in total. The molecule has 1 aliphatic rings. The molecule has 1 aromatic carbocycles. The van der Waals surface area contributed by atoms with Crippen LogP contribution in [0, 0.1) is 17.1 Å². The summed E-state index contributed by atoms with van der Waals surface area (Å²) in [5.41, 5.74) is 0.692. The first-order chi connectivity index (χ1) is 13.0. The number of carboxylic acid groups (broad SMARTS) is 1. The minimum Gasteiger partial charge on any atom is -0.478 e. The number of benzene rings is 1. The van der Waals surface area contributed by atoms with E-state index in [0.717, 1.165) is 12.1 Å². The van der Waals surface area contributed by atoms with Gasteiger partial charge in [-0.25, -0.2) is 23.1 Å². The van der Waals surface area contributed by atoms with Crippen molar-refractivity contribution in [1.29, 1.82) is 5.26 Å². The van der Waals surface area contributed by atoms with Crippen LogP contribution >= 0.6 is 0 Å². The number of nitrogens with zero attached hydrogens (tertiary/aromatic N) is 5. The van der Waals surface area contributed by atoms with Gasteiger partial charge in [0.15, 0.2) is 5.65 Å². The van der Waals surface area contributed by atoms with Gasteiger partial charge in [-0.2, -0.15) is 10.4 Å². The molecule has 7 nitrogen and oxygen atoms in total. The number of nitriles is 1. The van der Waals surface area contributed by atoms with Crippen molar-refractivity contribution in [2.75, 3.05) is 11.4 Å². The van der Waals surface area contributed by atoms with Crippen molar-refractivity contribution in [2.24, 2.45) is 0 Å². The minimum absolute atomic E-state index is 0.0144. The minimum atomic E-state index is -1.22. The van der Waals surface area contributed by atoms with Crippen LogP contribution in [0.15, 0.2) is 36.7 Å². The van der Waals surface area contributed by atoms with Crippen LogP contribution in [0.3, 0.4) is 0 Å². The van der Waals surface area contributed by atoms with Gasteiger partial charge >= 0.3 is 5.97 Å². The summed E-state index contributed by atoms with van der Waals surface area (Å²) >= 11 is 0. The molecule has 0 bridgehead atoms. The number of anilines is 1. The highest BCUT2D eigenvalue weighted by Crippen LogP contribution is 2.38. The number of rotatable bonds is 3.